The first kappa shape index (κ1) is 42.4. The van der Waals surface area contributed by atoms with E-state index < -0.39 is 0 Å². The number of aliphatic hydroxyl groups is 1. The van der Waals surface area contributed by atoms with E-state index in [9.17, 15) is 10.2 Å². The van der Waals surface area contributed by atoms with Crippen LogP contribution in [0.2, 0.25) is 10.0 Å². The number of rotatable bonds is 12. The zero-order valence-corrected chi connectivity index (χ0v) is 28.8. The van der Waals surface area contributed by atoms with Crippen molar-refractivity contribution < 1.29 is 57.4 Å². The third-order valence-corrected chi connectivity index (χ3v) is 6.36. The van der Waals surface area contributed by atoms with Crippen LogP contribution in [0.5, 0.6) is 11.5 Å². The fourth-order valence-corrected chi connectivity index (χ4v) is 4.01. The Morgan fingerprint density at radius 2 is 1.54 bits per heavy atom. The Bertz CT molecular complexity index is 990. The minimum Gasteiger partial charge on any atom is -2.00 e. The van der Waals surface area contributed by atoms with Crippen LogP contribution < -0.4 is 10.2 Å². The monoisotopic (exact) mass is 821 g/mol. The van der Waals surface area contributed by atoms with E-state index in [4.69, 9.17) is 28.3 Å². The van der Waals surface area contributed by atoms with E-state index in [-0.39, 0.29) is 64.2 Å². The first-order chi connectivity index (χ1) is 17.4. The smallest absolute Gasteiger partial charge is 0.208 e. The summed E-state index contributed by atoms with van der Waals surface area (Å²) in [6.45, 7) is 4.62. The Hall–Kier alpha value is -1.09. The molecule has 0 heterocycles. The third kappa shape index (κ3) is 19.6. The molecule has 0 aliphatic heterocycles. The van der Waals surface area contributed by atoms with Crippen molar-refractivity contribution in [2.75, 3.05) is 12.4 Å². The van der Waals surface area contributed by atoms with Gasteiger partial charge in [0, 0.05) is 59.7 Å². The predicted octanol–water partition coefficient (Wildman–Crippen LogP) is 6.58. The summed E-state index contributed by atoms with van der Waals surface area (Å²) in [7, 11) is 0. The molecule has 0 aliphatic rings. The molecule has 39 heavy (non-hydrogen) atoms. The number of nitrogens with zero attached hydrogens (tertiary/aromatic N) is 3. The maximum Gasteiger partial charge on any atom is 0.208 e. The molecule has 1 N–H and O–H groups in total. The molecule has 0 radical (unpaired) electrons. The third-order valence-electron chi connectivity index (χ3n) is 4.81. The van der Waals surface area contributed by atoms with Crippen LogP contribution in [0.4, 0.5) is 0 Å². The van der Waals surface area contributed by atoms with Crippen LogP contribution in [0.1, 0.15) is 76.3 Å². The Morgan fingerprint density at radius 1 is 0.897 bits per heavy atom. The van der Waals surface area contributed by atoms with E-state index >= 15 is 0 Å². The van der Waals surface area contributed by atoms with Gasteiger partial charge in [0.2, 0.25) is 5.17 Å². The maximum absolute atomic E-state index is 12.0. The van der Waals surface area contributed by atoms with Gasteiger partial charge in [-0.15, -0.1) is 5.10 Å². The molecular formula is C27H35Cl2N3O5SU-6. The molecular weight excluding hydrogens is 787 g/mol. The zero-order valence-electron chi connectivity index (χ0n) is 22.3. The molecule has 0 saturated heterocycles. The average molecular weight is 823 g/mol. The van der Waals surface area contributed by atoms with E-state index in [0.29, 0.717) is 22.4 Å². The van der Waals surface area contributed by atoms with Gasteiger partial charge in [0.1, 0.15) is 0 Å². The summed E-state index contributed by atoms with van der Waals surface area (Å²) in [4.78, 5) is 4.21. The zero-order chi connectivity index (χ0) is 26.6. The van der Waals surface area contributed by atoms with Crippen molar-refractivity contribution in [1.29, 1.82) is 0 Å². The molecule has 12 heteroatoms. The summed E-state index contributed by atoms with van der Waals surface area (Å²) in [6, 6.07) is 9.38. The van der Waals surface area contributed by atoms with Crippen molar-refractivity contribution in [2.45, 2.75) is 65.2 Å². The molecule has 0 aliphatic carbocycles. The second-order valence-electron chi connectivity index (χ2n) is 7.92. The van der Waals surface area contributed by atoms with Crippen LogP contribution in [-0.4, -0.2) is 35.1 Å². The molecule has 0 amide bonds. The quantitative estimate of drug-likeness (QED) is 0.111. The largest absolute Gasteiger partial charge is 2.00 e. The van der Waals surface area contributed by atoms with Crippen LogP contribution in [0.3, 0.4) is 0 Å². The summed E-state index contributed by atoms with van der Waals surface area (Å²) in [5.41, 5.74) is 0.699. The normalized spacial score (nSPS) is 10.8. The molecule has 2 aromatic carbocycles. The number of hydrogen-bond donors (Lipinski definition) is 1. The minimum atomic E-state index is -0.358. The van der Waals surface area contributed by atoms with Gasteiger partial charge < -0.3 is 26.3 Å². The van der Waals surface area contributed by atoms with E-state index in [2.05, 4.69) is 22.1 Å². The molecule has 218 valence electrons. The van der Waals surface area contributed by atoms with Gasteiger partial charge in [-0.05, 0) is 36.1 Å². The number of aliphatic imine (C=N–C) groups is 1. The number of aliphatic hydroxyl groups excluding tert-OH is 1. The van der Waals surface area contributed by atoms with Crippen molar-refractivity contribution in [3.8, 4) is 11.5 Å². The maximum atomic E-state index is 12.0. The van der Waals surface area contributed by atoms with Gasteiger partial charge in [-0.3, -0.25) is 0 Å². The Morgan fingerprint density at radius 3 is 2.15 bits per heavy atom. The molecule has 0 bridgehead atoms. The molecule has 8 nitrogen and oxygen atoms in total. The fraction of sp³-hybridized carbons (Fsp3) is 0.444. The molecule has 0 aromatic heterocycles. The fourth-order valence-electron chi connectivity index (χ4n) is 2.88. The number of benzene rings is 2. The molecule has 0 unspecified atom stereocenters. The molecule has 2 rings (SSSR count). The second-order valence-corrected chi connectivity index (χ2v) is 9.83. The number of unbranched alkanes of at least 4 members (excludes halogenated alkanes) is 6. The molecule has 0 fully saturated rings. The van der Waals surface area contributed by atoms with Crippen LogP contribution >= 0.6 is 35.0 Å². The first-order valence-electron chi connectivity index (χ1n) is 12.2. The number of hydrogen-bond acceptors (Lipinski definition) is 6. The summed E-state index contributed by atoms with van der Waals surface area (Å²) < 4.78 is 0. The van der Waals surface area contributed by atoms with E-state index in [1.165, 1.54) is 80.9 Å². The summed E-state index contributed by atoms with van der Waals surface area (Å²) in [5.74, 6) is 0.287. The van der Waals surface area contributed by atoms with Crippen molar-refractivity contribution in [1.82, 2.24) is 0 Å². The van der Waals surface area contributed by atoms with Gasteiger partial charge in [-0.2, -0.15) is 5.10 Å². The minimum absolute atomic E-state index is 0. The van der Waals surface area contributed by atoms with E-state index in [1.54, 1.807) is 18.2 Å². The summed E-state index contributed by atoms with van der Waals surface area (Å²) >= 11 is 13.1. The predicted molar refractivity (Wildman–Crippen MR) is 154 cm³/mol. The summed E-state index contributed by atoms with van der Waals surface area (Å²) in [6.07, 6.45) is 12.6. The van der Waals surface area contributed by atoms with Gasteiger partial charge in [0.15, 0.2) is 0 Å². The van der Waals surface area contributed by atoms with Crippen LogP contribution in [0.25, 0.3) is 0 Å². The topological polar surface area (TPSA) is 160 Å². The van der Waals surface area contributed by atoms with E-state index in [0.717, 1.165) is 18.6 Å². The van der Waals surface area contributed by atoms with Gasteiger partial charge >= 0.3 is 0 Å². The SMILES string of the molecule is CCCCCCCCCO.CCCSC(/N=C/c1cc(Cl)cc(Cl)c1[O-])=N/N=C/c1ccccc1[O-].[O-2].[O-2].[U]. The van der Waals surface area contributed by atoms with Crippen molar-refractivity contribution >= 4 is 52.6 Å². The average Bonchev–Trinajstić information content (AvgIpc) is 2.87. The number of amidine groups is 1. The summed E-state index contributed by atoms with van der Waals surface area (Å²) in [5, 5.41) is 40.8. The molecule has 0 spiro atoms. The van der Waals surface area contributed by atoms with Gasteiger partial charge in [0.25, 0.3) is 0 Å². The van der Waals surface area contributed by atoms with Gasteiger partial charge in [-0.1, -0.05) is 123 Å². The van der Waals surface area contributed by atoms with Crippen LogP contribution in [-0.2, 0) is 11.0 Å². The standard InChI is InChI=1S/C18H17Cl2N3O2S.C9H20O.2O.U/c1-2-7-26-18(23-22-11-12-5-3-4-6-16(12)24)21-10-13-8-14(19)9-15(20)17(13)25;1-2-3-4-5-6-7-8-9-10;;;/h3-6,8-11,24-25H,2,7H2,1H3;10H,2-9H2,1H3;;;/q;;2*-2;/p-2/b21-10+,22-11+,23-18+;;;;. The molecule has 2 aromatic rings. The van der Waals surface area contributed by atoms with Crippen LogP contribution in [0, 0.1) is 31.1 Å². The van der Waals surface area contributed by atoms with E-state index in [1.807, 2.05) is 6.92 Å². The molecule has 0 atom stereocenters. The Balaban J connectivity index is -0.000000859. The number of thioether (sulfide) groups is 1. The number of para-hydroxylation sites is 1. The molecule has 0 saturated carbocycles. The second kappa shape index (κ2) is 27.1. The van der Waals surface area contributed by atoms with Gasteiger partial charge in [0.05, 0.1) is 6.21 Å². The first-order valence-corrected chi connectivity index (χ1v) is 14.0. The van der Waals surface area contributed by atoms with Crippen LogP contribution in [0.15, 0.2) is 51.6 Å². The Kier molecular flexibility index (Phi) is 29.4. The van der Waals surface area contributed by atoms with Crippen molar-refractivity contribution in [3.63, 3.8) is 0 Å². The van der Waals surface area contributed by atoms with Crippen molar-refractivity contribution in [3.05, 3.63) is 57.6 Å². The Labute approximate surface area is 270 Å². The van der Waals surface area contributed by atoms with Crippen molar-refractivity contribution in [2.24, 2.45) is 15.2 Å². The van der Waals surface area contributed by atoms with Gasteiger partial charge in [-0.25, -0.2) is 4.99 Å². The number of halogens is 2.